The molecule has 4 aliphatic carbocycles. The molecule has 0 aromatic rings. The summed E-state index contributed by atoms with van der Waals surface area (Å²) in [6.07, 6.45) is 7.74. The number of rotatable bonds is 2. The summed E-state index contributed by atoms with van der Waals surface area (Å²) in [5.41, 5.74) is 1.32. The zero-order valence-corrected chi connectivity index (χ0v) is 20.3. The van der Waals surface area contributed by atoms with E-state index in [0.29, 0.717) is 11.8 Å². The van der Waals surface area contributed by atoms with Crippen molar-refractivity contribution in [3.8, 4) is 0 Å². The van der Waals surface area contributed by atoms with Crippen molar-refractivity contribution >= 4 is 8.32 Å². The normalized spacial score (nSPS) is 49.3. The van der Waals surface area contributed by atoms with Crippen LogP contribution in [-0.4, -0.2) is 25.6 Å². The van der Waals surface area contributed by atoms with Gasteiger partial charge in [0, 0.05) is 8.85 Å². The van der Waals surface area contributed by atoms with Crippen molar-refractivity contribution < 1.29 is 12.3 Å². The lowest BCUT2D eigenvalue weighted by molar-refractivity contribution is -0.0706. The van der Waals surface area contributed by atoms with Crippen LogP contribution in [0.1, 0.15) is 88.7 Å². The first-order valence-electron chi connectivity index (χ1n) is 12.7. The van der Waals surface area contributed by atoms with Gasteiger partial charge < -0.3 is 9.53 Å². The Kier molecular flexibility index (Phi) is 4.45. The van der Waals surface area contributed by atoms with Gasteiger partial charge in [-0.25, -0.2) is 0 Å². The van der Waals surface area contributed by atoms with E-state index in [2.05, 4.69) is 47.7 Å². The summed E-state index contributed by atoms with van der Waals surface area (Å²) >= 11 is 0. The summed E-state index contributed by atoms with van der Waals surface area (Å²) in [7, 11) is -1.83. The van der Waals surface area contributed by atoms with Gasteiger partial charge in [0.15, 0.2) is 8.32 Å². The minimum atomic E-state index is -1.83. The maximum atomic E-state index is 10.7. The Morgan fingerprint density at radius 3 is 2.50 bits per heavy atom. The second kappa shape index (κ2) is 6.69. The van der Waals surface area contributed by atoms with E-state index in [1.54, 1.807) is 0 Å². The molecule has 0 aromatic heterocycles. The average Bonchev–Trinajstić information content (AvgIpc) is 2.90. The van der Waals surface area contributed by atoms with Gasteiger partial charge in [0.2, 0.25) is 0 Å². The third-order valence-corrected chi connectivity index (χ3v) is 14.5. The van der Waals surface area contributed by atoms with E-state index in [0.717, 1.165) is 44.9 Å². The van der Waals surface area contributed by atoms with E-state index in [4.69, 9.17) is 7.17 Å². The fourth-order valence-corrected chi connectivity index (χ4v) is 8.19. The second-order valence-electron chi connectivity index (χ2n) is 12.4. The van der Waals surface area contributed by atoms with Crippen molar-refractivity contribution in [2.45, 2.75) is 116 Å². The number of allylic oxidation sites excluding steroid dienone is 1. The Morgan fingerprint density at radius 1 is 1.11 bits per heavy atom. The monoisotopic (exact) mass is 406 g/mol. The fourth-order valence-electron chi connectivity index (χ4n) is 6.80. The highest BCUT2D eigenvalue weighted by Crippen LogP contribution is 2.65. The highest BCUT2D eigenvalue weighted by atomic mass is 28.4. The van der Waals surface area contributed by atoms with E-state index < -0.39 is 14.7 Å². The van der Waals surface area contributed by atoms with Gasteiger partial charge in [-0.1, -0.05) is 46.3 Å². The highest BCUT2D eigenvalue weighted by molar-refractivity contribution is 6.74. The lowest BCUT2D eigenvalue weighted by Crippen LogP contribution is -2.52. The van der Waals surface area contributed by atoms with Gasteiger partial charge in [0.1, 0.15) is 0 Å². The van der Waals surface area contributed by atoms with E-state index in [1.807, 2.05) is 6.08 Å². The predicted octanol–water partition coefficient (Wildman–Crippen LogP) is 6.70. The molecule has 0 aliphatic heterocycles. The molecule has 3 fully saturated rings. The van der Waals surface area contributed by atoms with E-state index in [1.165, 1.54) is 5.57 Å². The molecular formula is C25H44O2Si. The van der Waals surface area contributed by atoms with Gasteiger partial charge >= 0.3 is 0 Å². The molecule has 1 N–H and O–H groups in total. The Bertz CT molecular complexity index is 727. The maximum absolute atomic E-state index is 10.7. The Hall–Kier alpha value is -0.123. The molecule has 0 spiro atoms. The molecule has 0 amide bonds. The summed E-state index contributed by atoms with van der Waals surface area (Å²) in [5.74, 6) is 0.738. The molecule has 4 aliphatic rings. The van der Waals surface area contributed by atoms with Crippen LogP contribution in [0.25, 0.3) is 0 Å². The predicted molar refractivity (Wildman–Crippen MR) is 120 cm³/mol. The molecule has 0 radical (unpaired) electrons. The molecule has 0 heterocycles. The fraction of sp³-hybridized carbons (Fsp3) is 0.920. The third kappa shape index (κ3) is 3.10. The Balaban J connectivity index is 1.63. The molecule has 0 bridgehead atoms. The Labute approximate surface area is 177 Å². The molecule has 0 aromatic carbocycles. The van der Waals surface area contributed by atoms with Crippen molar-refractivity contribution in [3.05, 3.63) is 11.6 Å². The van der Waals surface area contributed by atoms with Crippen molar-refractivity contribution in [1.29, 1.82) is 0 Å². The molecule has 28 heavy (non-hydrogen) atoms. The van der Waals surface area contributed by atoms with Gasteiger partial charge in [-0.15, -0.1) is 0 Å². The molecule has 3 heteroatoms. The molecule has 160 valence electrons. The highest BCUT2D eigenvalue weighted by Gasteiger charge is 2.58. The van der Waals surface area contributed by atoms with E-state index in [9.17, 15) is 5.11 Å². The van der Waals surface area contributed by atoms with Crippen molar-refractivity contribution in [3.63, 3.8) is 0 Å². The van der Waals surface area contributed by atoms with Crippen molar-refractivity contribution in [2.75, 3.05) is 0 Å². The summed E-state index contributed by atoms with van der Waals surface area (Å²) in [6, 6.07) is 0. The number of fused-ring (bicyclic) bond motifs is 5. The topological polar surface area (TPSA) is 29.5 Å². The number of hydrogen-bond donors (Lipinski definition) is 1. The van der Waals surface area contributed by atoms with Crippen LogP contribution >= 0.6 is 0 Å². The van der Waals surface area contributed by atoms with Crippen LogP contribution in [0.4, 0.5) is 0 Å². The van der Waals surface area contributed by atoms with Crippen LogP contribution in [0.15, 0.2) is 11.6 Å². The molecule has 7 atom stereocenters. The third-order valence-electron chi connectivity index (χ3n) is 9.92. The minimum Gasteiger partial charge on any atom is -0.414 e. The summed E-state index contributed by atoms with van der Waals surface area (Å²) < 4.78 is 25.0. The van der Waals surface area contributed by atoms with Gasteiger partial charge in [-0.3, -0.25) is 0 Å². The zero-order valence-electron chi connectivity index (χ0n) is 21.3. The molecular weight excluding hydrogens is 360 g/mol. The average molecular weight is 407 g/mol. The van der Waals surface area contributed by atoms with E-state index >= 15 is 0 Å². The van der Waals surface area contributed by atoms with Crippen LogP contribution in [0, 0.1) is 28.6 Å². The van der Waals surface area contributed by atoms with Crippen molar-refractivity contribution in [1.82, 2.24) is 0 Å². The molecule has 0 unspecified atom stereocenters. The zero-order chi connectivity index (χ0) is 22.3. The van der Waals surface area contributed by atoms with Gasteiger partial charge in [-0.2, -0.15) is 0 Å². The molecule has 3 saturated carbocycles. The van der Waals surface area contributed by atoms with Crippen LogP contribution < -0.4 is 0 Å². The Morgan fingerprint density at radius 2 is 1.82 bits per heavy atom. The largest absolute Gasteiger partial charge is 0.414 e. The summed E-state index contributed by atoms with van der Waals surface area (Å²) in [5, 5.41) is 10.9. The first-order chi connectivity index (χ1) is 13.6. The van der Waals surface area contributed by atoms with Crippen LogP contribution in [-0.2, 0) is 4.43 Å². The quantitative estimate of drug-likeness (QED) is 0.408. The summed E-state index contributed by atoms with van der Waals surface area (Å²) in [4.78, 5) is 0. The van der Waals surface area contributed by atoms with Crippen molar-refractivity contribution in [2.24, 2.45) is 28.6 Å². The standard InChI is InChI=1S/C25H44O2Si/c1-23(2,3)28(6,7)27-18-12-14-24(4)17(16-18)8-9-19-20-10-11-22(26)25(20,5)15-13-21(19)24/h8,18-22,26H,9-16H2,1-7H3/t18-,19-,20-,21-,22-,24-,25-/m0/s1/i9D2. The van der Waals surface area contributed by atoms with Gasteiger partial charge in [0.25, 0.3) is 0 Å². The number of aliphatic hydroxyl groups is 1. The number of aliphatic hydroxyl groups excluding tert-OH is 1. The lowest BCUT2D eigenvalue weighted by atomic mass is 9.48. The SMILES string of the molecule is [2H]C1([2H])C=C2C[C@@H](O[Si](C)(C)C(C)(C)C)CC[C@]2(C)[C@H]2CC[C@]3(C)[C@@H](O)CC[C@H]3[C@@H]21. The number of hydrogen-bond acceptors (Lipinski definition) is 2. The van der Waals surface area contributed by atoms with Gasteiger partial charge in [-0.05, 0) is 98.0 Å². The second-order valence-corrected chi connectivity index (χ2v) is 17.1. The van der Waals surface area contributed by atoms with Crippen LogP contribution in [0.5, 0.6) is 0 Å². The summed E-state index contributed by atoms with van der Waals surface area (Å²) in [6.45, 7) is 16.2. The van der Waals surface area contributed by atoms with Crippen LogP contribution in [0.2, 0.25) is 18.1 Å². The first-order valence-corrected chi connectivity index (χ1v) is 14.6. The van der Waals surface area contributed by atoms with Crippen LogP contribution in [0.3, 0.4) is 0 Å². The maximum Gasteiger partial charge on any atom is 0.192 e. The first kappa shape index (κ1) is 18.6. The molecule has 0 saturated heterocycles. The lowest BCUT2D eigenvalue weighted by Gasteiger charge is -2.58. The molecule has 2 nitrogen and oxygen atoms in total. The molecule has 4 rings (SSSR count). The van der Waals surface area contributed by atoms with Gasteiger partial charge in [0.05, 0.1) is 6.10 Å². The minimum absolute atomic E-state index is 0.0417. The van der Waals surface area contributed by atoms with E-state index in [-0.39, 0.29) is 34.0 Å². The smallest absolute Gasteiger partial charge is 0.192 e.